The Morgan fingerprint density at radius 3 is 2.44 bits per heavy atom. The highest BCUT2D eigenvalue weighted by Crippen LogP contribution is 2.50. The van der Waals surface area contributed by atoms with Gasteiger partial charge < -0.3 is 24.0 Å². The lowest BCUT2D eigenvalue weighted by Crippen LogP contribution is -2.51. The number of amides is 2. The summed E-state index contributed by atoms with van der Waals surface area (Å²) in [6.45, 7) is 11.7. The summed E-state index contributed by atoms with van der Waals surface area (Å²) in [5.74, 6) is -2.38. The molecule has 4 aliphatic rings. The largest absolute Gasteiger partial charge is 0.461 e. The van der Waals surface area contributed by atoms with E-state index < -0.39 is 99.4 Å². The molecule has 4 fully saturated rings. The van der Waals surface area contributed by atoms with Gasteiger partial charge in [0.2, 0.25) is 0 Å². The van der Waals surface area contributed by atoms with Crippen molar-refractivity contribution in [3.8, 4) is 17.1 Å². The normalized spacial score (nSPS) is 24.3. The Balaban J connectivity index is 1.29. The molecule has 0 saturated carbocycles. The van der Waals surface area contributed by atoms with Crippen LogP contribution in [0, 0.1) is 11.6 Å². The maximum Gasteiger partial charge on any atom is 0.417 e. The van der Waals surface area contributed by atoms with Crippen LogP contribution in [0.15, 0.2) is 18.2 Å². The van der Waals surface area contributed by atoms with Crippen LogP contribution in [0.2, 0.25) is 0 Å². The van der Waals surface area contributed by atoms with Gasteiger partial charge in [-0.1, -0.05) is 11.3 Å². The minimum absolute atomic E-state index is 0.0748. The van der Waals surface area contributed by atoms with Crippen molar-refractivity contribution in [3.05, 3.63) is 35.4 Å². The van der Waals surface area contributed by atoms with Crippen molar-refractivity contribution in [2.24, 2.45) is 0 Å². The number of benzene rings is 2. The minimum Gasteiger partial charge on any atom is -0.461 e. The first-order chi connectivity index (χ1) is 29.4. The molecule has 8 rings (SSSR count). The number of hydrogen-bond donors (Lipinski definition) is 1. The number of carbonyl (C=O) groups is 2. The second-order valence-corrected chi connectivity index (χ2v) is 20.0. The van der Waals surface area contributed by atoms with Gasteiger partial charge >= 0.3 is 24.4 Å². The maximum absolute atomic E-state index is 17.6. The molecule has 0 radical (unpaired) electrons. The maximum atomic E-state index is 17.6. The van der Waals surface area contributed by atoms with Crippen molar-refractivity contribution < 1.29 is 54.5 Å². The number of carbonyl (C=O) groups excluding carboxylic acids is 2. The summed E-state index contributed by atoms with van der Waals surface area (Å²) >= 11 is 0.630. The number of aromatic nitrogens is 3. The first-order valence-corrected chi connectivity index (χ1v) is 21.9. The monoisotopic (exact) mass is 909 g/mol. The molecule has 12 nitrogen and oxygen atoms in total. The smallest absolute Gasteiger partial charge is 0.417 e. The highest BCUT2D eigenvalue weighted by atomic mass is 32.1. The molecule has 2 aromatic carbocycles. The number of ether oxygens (including phenoxy) is 3. The summed E-state index contributed by atoms with van der Waals surface area (Å²) in [5.41, 5.74) is -6.25. The summed E-state index contributed by atoms with van der Waals surface area (Å²) in [6, 6.07) is 0.588. The molecule has 2 unspecified atom stereocenters. The molecule has 2 aromatic heterocycles. The molecule has 1 N–H and O–H groups in total. The SMILES string of the molecule is CC(F)CN(C(=O)OC(C)(C)C)C1C[C@H]2CC[C@@H]1N2c1nc(OC[C@@]23CCCN2C[C@H](F)C3)nc2c(F)c(-c3ccc(F)c4sc(NC(=O)OC(C)(C)C)nc34)c(C(F)(F)F)cc12. The second-order valence-electron chi connectivity index (χ2n) is 19.0. The zero-order valence-electron chi connectivity index (χ0n) is 36.0. The Bertz CT molecular complexity index is 2440. The Morgan fingerprint density at radius 1 is 1.03 bits per heavy atom. The number of hydrogen-bond acceptors (Lipinski definition) is 11. The molecule has 342 valence electrons. The molecule has 20 heteroatoms. The molecule has 6 atom stereocenters. The van der Waals surface area contributed by atoms with Crippen LogP contribution in [0.1, 0.15) is 92.6 Å². The van der Waals surface area contributed by atoms with E-state index in [0.717, 1.165) is 24.6 Å². The van der Waals surface area contributed by atoms with E-state index in [-0.39, 0.29) is 65.1 Å². The standard InChI is InChI=1S/C43H50F7N7O5S/c1-21(44)18-56(39(59)62-41(5,6)7)29-15-23-9-12-28(29)57(23)35-25-16-26(43(48,49)50)30(24-10-11-27(46)34-33(24)52-37(63-34)54-38(58)61-40(2,3)4)31(47)32(25)51-36(53-35)60-20-42-13-8-14-55(42)19-22(45)17-42/h10-11,16,21-23,28-29H,8-9,12-15,17-20H2,1-7H3,(H,52,54,58)/t21?,22-,23-,28+,29?,42+/m1/s1. The van der Waals surface area contributed by atoms with Crippen molar-refractivity contribution in [2.45, 2.75) is 140 Å². The van der Waals surface area contributed by atoms with Gasteiger partial charge in [-0.3, -0.25) is 10.2 Å². The topological polar surface area (TPSA) is 122 Å². The van der Waals surface area contributed by atoms with Gasteiger partial charge in [-0.15, -0.1) is 0 Å². The average Bonchev–Trinajstić information content (AvgIpc) is 3.98. The van der Waals surface area contributed by atoms with Crippen LogP contribution in [-0.4, -0.2) is 110 Å². The summed E-state index contributed by atoms with van der Waals surface area (Å²) in [7, 11) is 0. The number of anilines is 2. The van der Waals surface area contributed by atoms with Crippen LogP contribution in [0.4, 0.5) is 51.3 Å². The highest BCUT2D eigenvalue weighted by molar-refractivity contribution is 7.22. The van der Waals surface area contributed by atoms with E-state index in [4.69, 9.17) is 14.2 Å². The van der Waals surface area contributed by atoms with Gasteiger partial charge in [0.1, 0.15) is 47.3 Å². The fraction of sp³-hybridized carbons (Fsp3) is 0.605. The Kier molecular flexibility index (Phi) is 11.4. The quantitative estimate of drug-likeness (QED) is 0.162. The Morgan fingerprint density at radius 2 is 1.76 bits per heavy atom. The van der Waals surface area contributed by atoms with Gasteiger partial charge in [-0.25, -0.2) is 32.1 Å². The number of fused-ring (bicyclic) bond motifs is 5. The van der Waals surface area contributed by atoms with Crippen molar-refractivity contribution in [3.63, 3.8) is 0 Å². The number of nitrogens with one attached hydrogen (secondary N) is 1. The highest BCUT2D eigenvalue weighted by Gasteiger charge is 2.53. The van der Waals surface area contributed by atoms with Crippen LogP contribution in [0.3, 0.4) is 0 Å². The van der Waals surface area contributed by atoms with Crippen molar-refractivity contribution >= 4 is 55.6 Å². The molecule has 4 aromatic rings. The molecule has 0 aliphatic carbocycles. The second kappa shape index (κ2) is 16.1. The van der Waals surface area contributed by atoms with Crippen LogP contribution < -0.4 is 15.0 Å². The number of nitrogens with zero attached hydrogens (tertiary/aromatic N) is 6. The van der Waals surface area contributed by atoms with Crippen LogP contribution >= 0.6 is 11.3 Å². The zero-order valence-corrected chi connectivity index (χ0v) is 36.8. The predicted octanol–water partition coefficient (Wildman–Crippen LogP) is 10.2. The zero-order chi connectivity index (χ0) is 45.6. The van der Waals surface area contributed by atoms with E-state index in [1.165, 1.54) is 11.8 Å². The van der Waals surface area contributed by atoms with Crippen molar-refractivity contribution in [1.29, 1.82) is 0 Å². The lowest BCUT2D eigenvalue weighted by atomic mass is 9.94. The van der Waals surface area contributed by atoms with Gasteiger partial charge in [0.05, 0.1) is 39.9 Å². The number of alkyl halides is 5. The molecule has 0 spiro atoms. The van der Waals surface area contributed by atoms with Crippen molar-refractivity contribution in [2.75, 3.05) is 36.5 Å². The summed E-state index contributed by atoms with van der Waals surface area (Å²) in [6.07, 6.45) is -6.57. The summed E-state index contributed by atoms with van der Waals surface area (Å²) in [5, 5.41) is 1.86. The van der Waals surface area contributed by atoms with Gasteiger partial charge in [-0.2, -0.15) is 23.1 Å². The van der Waals surface area contributed by atoms with Gasteiger partial charge in [-0.05, 0) is 105 Å². The molecule has 4 aliphatic heterocycles. The van der Waals surface area contributed by atoms with Crippen molar-refractivity contribution in [1.82, 2.24) is 24.8 Å². The number of rotatable bonds is 9. The lowest BCUT2D eigenvalue weighted by molar-refractivity contribution is -0.137. The third-order valence-electron chi connectivity index (χ3n) is 12.0. The summed E-state index contributed by atoms with van der Waals surface area (Å²) in [4.78, 5) is 44.6. The van der Waals surface area contributed by atoms with E-state index in [0.29, 0.717) is 37.1 Å². The lowest BCUT2D eigenvalue weighted by Gasteiger charge is -2.36. The number of halogens is 7. The average molecular weight is 910 g/mol. The molecular formula is C43H50F7N7O5S. The molecule has 4 saturated heterocycles. The first-order valence-electron chi connectivity index (χ1n) is 21.1. The van der Waals surface area contributed by atoms with E-state index in [1.54, 1.807) is 46.4 Å². The molecule has 63 heavy (non-hydrogen) atoms. The van der Waals surface area contributed by atoms with E-state index in [9.17, 15) is 18.4 Å². The van der Waals surface area contributed by atoms with Gasteiger partial charge in [0.25, 0.3) is 0 Å². The van der Waals surface area contributed by atoms with E-state index >= 15 is 22.0 Å². The van der Waals surface area contributed by atoms with Crippen LogP contribution in [0.25, 0.3) is 32.2 Å². The fourth-order valence-corrected chi connectivity index (χ4v) is 10.7. The molecule has 2 bridgehead atoms. The van der Waals surface area contributed by atoms with Crippen LogP contribution in [0.5, 0.6) is 6.01 Å². The fourth-order valence-electron chi connectivity index (χ4n) is 9.77. The van der Waals surface area contributed by atoms with E-state index in [1.807, 2.05) is 4.90 Å². The third kappa shape index (κ3) is 8.77. The van der Waals surface area contributed by atoms with Crippen LogP contribution in [-0.2, 0) is 15.7 Å². The molecule has 6 heterocycles. The first kappa shape index (κ1) is 44.9. The van der Waals surface area contributed by atoms with Gasteiger partial charge in [0.15, 0.2) is 10.9 Å². The summed E-state index contributed by atoms with van der Waals surface area (Å²) < 4.78 is 126. The Labute approximate surface area is 363 Å². The Hall–Kier alpha value is -4.72. The van der Waals surface area contributed by atoms with E-state index in [2.05, 4.69) is 20.3 Å². The van der Waals surface area contributed by atoms with Gasteiger partial charge in [0, 0.05) is 35.5 Å². The third-order valence-corrected chi connectivity index (χ3v) is 13.0. The number of thiazole rings is 1. The molecule has 2 amide bonds. The minimum atomic E-state index is -5.20. The predicted molar refractivity (Wildman–Crippen MR) is 223 cm³/mol. The molecular weight excluding hydrogens is 860 g/mol.